The molecule has 1 heterocycles. The number of nitrogens with zero attached hydrogens (tertiary/aromatic N) is 3. The summed E-state index contributed by atoms with van der Waals surface area (Å²) in [7, 11) is -3.60. The van der Waals surface area contributed by atoms with Crippen molar-refractivity contribution in [2.24, 2.45) is 4.36 Å². The number of alkyl halides is 3. The fraction of sp³-hybridized carbons (Fsp3) is 0.292. The first kappa shape index (κ1) is 30.2. The van der Waals surface area contributed by atoms with Crippen molar-refractivity contribution >= 4 is 33.3 Å². The molecule has 1 aromatic heterocycles. The van der Waals surface area contributed by atoms with Crippen molar-refractivity contribution in [2.75, 3.05) is 25.2 Å². The minimum atomic E-state index is -5.17. The maximum atomic E-state index is 14.2. The number of nitrogen functional groups attached to an aromatic ring is 1. The van der Waals surface area contributed by atoms with Gasteiger partial charge in [-0.15, -0.1) is 10.1 Å². The zero-order chi connectivity index (χ0) is 28.8. The van der Waals surface area contributed by atoms with Crippen LogP contribution in [0.15, 0.2) is 47.0 Å². The summed E-state index contributed by atoms with van der Waals surface area (Å²) >= 11 is 5.75. The van der Waals surface area contributed by atoms with E-state index in [0.29, 0.717) is 24.2 Å². The second-order valence-corrected chi connectivity index (χ2v) is 11.5. The maximum Gasteiger partial charge on any atom is 0.474 e. The molecule has 1 amide bonds. The number of anilines is 1. The van der Waals surface area contributed by atoms with Gasteiger partial charge in [0.05, 0.1) is 19.4 Å². The topological polar surface area (TPSA) is 120 Å². The van der Waals surface area contributed by atoms with Crippen molar-refractivity contribution in [3.63, 3.8) is 0 Å². The highest BCUT2D eigenvalue weighted by Crippen LogP contribution is 2.32. The van der Waals surface area contributed by atoms with Crippen LogP contribution in [0.2, 0.25) is 5.28 Å². The van der Waals surface area contributed by atoms with E-state index in [1.165, 1.54) is 24.3 Å². The van der Waals surface area contributed by atoms with Crippen LogP contribution in [-0.4, -0.2) is 46.1 Å². The summed E-state index contributed by atoms with van der Waals surface area (Å²) < 4.78 is 90.0. The van der Waals surface area contributed by atoms with Gasteiger partial charge in [-0.05, 0) is 60.5 Å². The van der Waals surface area contributed by atoms with E-state index in [1.54, 1.807) is 0 Å². The van der Waals surface area contributed by atoms with Crippen LogP contribution >= 0.6 is 11.6 Å². The first-order valence-corrected chi connectivity index (χ1v) is 14.0. The lowest BCUT2D eigenvalue weighted by Crippen LogP contribution is -2.24. The Labute approximate surface area is 226 Å². The Morgan fingerprint density at radius 3 is 2.51 bits per heavy atom. The Balaban J connectivity index is 1.56. The Hall–Kier alpha value is -3.36. The molecular formula is C24H24ClF5N4O4S. The molecular weight excluding hydrogens is 571 g/mol. The SMILES string of the molecule is C[SH](O)(Cc1cc(N)cc(OCCCCOc2cc(F)ccc2-c2nc(Cl)ncc2F)c1)=NC(=O)C(F)(F)F. The molecule has 0 unspecified atom stereocenters. The second kappa shape index (κ2) is 12.7. The van der Waals surface area contributed by atoms with Crippen LogP contribution in [0, 0.1) is 11.6 Å². The van der Waals surface area contributed by atoms with Gasteiger partial charge in [0.15, 0.2) is 5.82 Å². The van der Waals surface area contributed by atoms with Gasteiger partial charge >= 0.3 is 12.1 Å². The minimum Gasteiger partial charge on any atom is -0.494 e. The summed E-state index contributed by atoms with van der Waals surface area (Å²) in [6, 6.07) is 7.96. The summed E-state index contributed by atoms with van der Waals surface area (Å²) in [5.41, 5.74) is 6.49. The van der Waals surface area contributed by atoms with Gasteiger partial charge in [-0.1, -0.05) is 0 Å². The number of aromatic nitrogens is 2. The standard InChI is InChI=1S/C24H24ClF5N4O4S/c1-39(36,34-22(35)24(28,29)30)13-14-8-16(31)11-17(9-14)37-6-2-3-7-38-20-10-15(26)4-5-18(20)21-19(27)12-32-23(25)33-21/h4-5,8-12,39H,2-3,6-7,13,31H2,1H3,(H,34,35,36). The number of carbonyl (C=O) groups excluding carboxylic acids is 1. The molecule has 2 aromatic carbocycles. The van der Waals surface area contributed by atoms with E-state index in [2.05, 4.69) is 14.3 Å². The van der Waals surface area contributed by atoms with E-state index in [0.717, 1.165) is 24.6 Å². The molecule has 8 nitrogen and oxygen atoms in total. The number of hydrogen-bond acceptors (Lipinski definition) is 6. The van der Waals surface area contributed by atoms with E-state index < -0.39 is 33.8 Å². The molecule has 0 saturated heterocycles. The Morgan fingerprint density at radius 1 is 1.13 bits per heavy atom. The number of ether oxygens (including phenoxy) is 2. The molecule has 212 valence electrons. The molecule has 39 heavy (non-hydrogen) atoms. The molecule has 0 saturated carbocycles. The average Bonchev–Trinajstić information content (AvgIpc) is 2.81. The van der Waals surface area contributed by atoms with Gasteiger partial charge < -0.3 is 19.8 Å². The summed E-state index contributed by atoms with van der Waals surface area (Å²) in [6.45, 7) is 0.325. The zero-order valence-corrected chi connectivity index (χ0v) is 22.0. The average molecular weight is 595 g/mol. The Kier molecular flexibility index (Phi) is 9.80. The van der Waals surface area contributed by atoms with E-state index in [4.69, 9.17) is 26.8 Å². The van der Waals surface area contributed by atoms with Crippen LogP contribution in [0.3, 0.4) is 0 Å². The Bertz CT molecular complexity index is 1400. The minimum absolute atomic E-state index is 0.0647. The van der Waals surface area contributed by atoms with Crippen LogP contribution in [-0.2, 0) is 20.7 Å². The predicted molar refractivity (Wildman–Crippen MR) is 138 cm³/mol. The number of nitrogens with two attached hydrogens (primary N) is 1. The molecule has 0 bridgehead atoms. The third-order valence-electron chi connectivity index (χ3n) is 5.00. The summed E-state index contributed by atoms with van der Waals surface area (Å²) in [5, 5.41) is -0.182. The van der Waals surface area contributed by atoms with Gasteiger partial charge in [-0.3, -0.25) is 4.79 Å². The number of thiol groups is 1. The van der Waals surface area contributed by atoms with Gasteiger partial charge in [0.2, 0.25) is 5.28 Å². The number of amides is 1. The molecule has 15 heteroatoms. The van der Waals surface area contributed by atoms with E-state index in [9.17, 15) is 31.3 Å². The lowest BCUT2D eigenvalue weighted by Gasteiger charge is -2.19. The normalized spacial score (nSPS) is 12.2. The van der Waals surface area contributed by atoms with E-state index in [-0.39, 0.29) is 46.9 Å². The Morgan fingerprint density at radius 2 is 1.82 bits per heavy atom. The van der Waals surface area contributed by atoms with Crippen molar-refractivity contribution in [2.45, 2.75) is 24.8 Å². The molecule has 0 aliphatic rings. The van der Waals surface area contributed by atoms with Crippen LogP contribution in [0.5, 0.6) is 11.5 Å². The predicted octanol–water partition coefficient (Wildman–Crippen LogP) is 5.66. The number of benzene rings is 2. The molecule has 0 aliphatic heterocycles. The molecule has 0 spiro atoms. The van der Waals surface area contributed by atoms with Crippen molar-refractivity contribution in [3.05, 3.63) is 65.1 Å². The molecule has 0 fully saturated rings. The number of halogens is 6. The summed E-state index contributed by atoms with van der Waals surface area (Å²) in [5.74, 6) is -3.63. The van der Waals surface area contributed by atoms with Crippen LogP contribution < -0.4 is 15.2 Å². The van der Waals surface area contributed by atoms with Gasteiger partial charge in [-0.2, -0.15) is 17.5 Å². The van der Waals surface area contributed by atoms with Crippen molar-refractivity contribution in [1.29, 1.82) is 0 Å². The highest BCUT2D eigenvalue weighted by Gasteiger charge is 2.39. The molecule has 3 aromatic rings. The largest absolute Gasteiger partial charge is 0.494 e. The highest BCUT2D eigenvalue weighted by molar-refractivity contribution is 7.98. The van der Waals surface area contributed by atoms with Crippen LogP contribution in [0.25, 0.3) is 11.3 Å². The third-order valence-corrected chi connectivity index (χ3v) is 6.76. The van der Waals surface area contributed by atoms with E-state index >= 15 is 0 Å². The van der Waals surface area contributed by atoms with Gasteiger partial charge in [0.1, 0.15) is 23.0 Å². The molecule has 0 atom stereocenters. The third kappa shape index (κ3) is 9.11. The number of unbranched alkanes of at least 4 members (excludes halogenated alkanes) is 1. The van der Waals surface area contributed by atoms with Crippen LogP contribution in [0.4, 0.5) is 27.6 Å². The zero-order valence-electron chi connectivity index (χ0n) is 20.4. The molecule has 0 aliphatic carbocycles. The van der Waals surface area contributed by atoms with Crippen molar-refractivity contribution < 1.29 is 40.8 Å². The lowest BCUT2D eigenvalue weighted by molar-refractivity contribution is -0.169. The first-order valence-electron chi connectivity index (χ1n) is 11.3. The van der Waals surface area contributed by atoms with Gasteiger partial charge in [0, 0.05) is 29.1 Å². The quantitative estimate of drug-likeness (QED) is 0.0911. The lowest BCUT2D eigenvalue weighted by atomic mass is 10.1. The van der Waals surface area contributed by atoms with Crippen molar-refractivity contribution in [1.82, 2.24) is 9.97 Å². The number of hydrogen-bond donors (Lipinski definition) is 3. The van der Waals surface area contributed by atoms with Gasteiger partial charge in [-0.25, -0.2) is 18.7 Å². The molecule has 3 N–H and O–H groups in total. The second-order valence-electron chi connectivity index (χ2n) is 8.44. The molecule has 0 radical (unpaired) electrons. The maximum absolute atomic E-state index is 14.2. The van der Waals surface area contributed by atoms with Crippen LogP contribution in [0.1, 0.15) is 18.4 Å². The first-order chi connectivity index (χ1) is 18.2. The van der Waals surface area contributed by atoms with Gasteiger partial charge in [0.25, 0.3) is 0 Å². The van der Waals surface area contributed by atoms with Crippen molar-refractivity contribution in [3.8, 4) is 22.8 Å². The van der Waals surface area contributed by atoms with E-state index in [1.807, 2.05) is 0 Å². The summed E-state index contributed by atoms with van der Waals surface area (Å²) in [6.07, 6.45) is -2.26. The fourth-order valence-corrected chi connectivity index (χ4v) is 5.00. The number of rotatable bonds is 10. The monoisotopic (exact) mass is 594 g/mol. The smallest absolute Gasteiger partial charge is 0.474 e. The highest BCUT2D eigenvalue weighted by atomic mass is 35.5. The number of carbonyl (C=O) groups is 1. The fourth-order valence-electron chi connectivity index (χ4n) is 3.42. The summed E-state index contributed by atoms with van der Waals surface area (Å²) in [4.78, 5) is 18.5. The molecule has 3 rings (SSSR count).